The summed E-state index contributed by atoms with van der Waals surface area (Å²) in [6, 6.07) is 9.86. The van der Waals surface area contributed by atoms with Gasteiger partial charge in [-0.3, -0.25) is 4.79 Å². The lowest BCUT2D eigenvalue weighted by Crippen LogP contribution is -2.46. The first-order valence-corrected chi connectivity index (χ1v) is 9.22. The molecule has 1 unspecified atom stereocenters. The first-order chi connectivity index (χ1) is 13.0. The fourth-order valence-electron chi connectivity index (χ4n) is 4.18. The molecule has 3 heterocycles. The molecule has 4 rings (SSSR count). The van der Waals surface area contributed by atoms with E-state index in [2.05, 4.69) is 19.1 Å². The Labute approximate surface area is 158 Å². The van der Waals surface area contributed by atoms with Gasteiger partial charge in [0, 0.05) is 26.3 Å². The molecular formula is C21H23N3O3. The number of benzene rings is 1. The fraction of sp³-hybridized carbons (Fsp3) is 0.429. The van der Waals surface area contributed by atoms with E-state index in [1.807, 2.05) is 24.1 Å². The van der Waals surface area contributed by atoms with Crippen LogP contribution in [0.25, 0.3) is 0 Å². The van der Waals surface area contributed by atoms with Crippen LogP contribution in [0.4, 0.5) is 0 Å². The number of hydrogen-bond acceptors (Lipinski definition) is 4. The Balaban J connectivity index is 1.50. The van der Waals surface area contributed by atoms with Gasteiger partial charge in [0.05, 0.1) is 5.56 Å². The molecule has 0 bridgehead atoms. The molecule has 27 heavy (non-hydrogen) atoms. The SMILES string of the molecule is Cn1cc(C#N)cc1C(=O)N1CCCC(C)(Cc2ccc3c(c2)OCO3)C1. The molecule has 2 aliphatic heterocycles. The van der Waals surface area contributed by atoms with E-state index in [-0.39, 0.29) is 18.1 Å². The number of carbonyl (C=O) groups is 1. The van der Waals surface area contributed by atoms with Crippen LogP contribution < -0.4 is 9.47 Å². The van der Waals surface area contributed by atoms with E-state index in [1.165, 1.54) is 5.56 Å². The van der Waals surface area contributed by atoms with Crippen molar-refractivity contribution in [2.75, 3.05) is 19.9 Å². The smallest absolute Gasteiger partial charge is 0.270 e. The predicted octanol–water partition coefficient (Wildman–Crippen LogP) is 3.11. The van der Waals surface area contributed by atoms with Gasteiger partial charge in [-0.25, -0.2) is 0 Å². The van der Waals surface area contributed by atoms with Gasteiger partial charge in [0.2, 0.25) is 6.79 Å². The van der Waals surface area contributed by atoms with Gasteiger partial charge in [0.15, 0.2) is 11.5 Å². The molecule has 2 aromatic rings. The highest BCUT2D eigenvalue weighted by atomic mass is 16.7. The lowest BCUT2D eigenvalue weighted by molar-refractivity contribution is 0.0541. The molecule has 0 aliphatic carbocycles. The van der Waals surface area contributed by atoms with Crippen molar-refractivity contribution in [1.29, 1.82) is 5.26 Å². The van der Waals surface area contributed by atoms with Crippen LogP contribution in [0.15, 0.2) is 30.5 Å². The van der Waals surface area contributed by atoms with Crippen LogP contribution in [0.2, 0.25) is 0 Å². The largest absolute Gasteiger partial charge is 0.454 e. The second-order valence-electron chi connectivity index (χ2n) is 7.84. The van der Waals surface area contributed by atoms with Crippen LogP contribution in [0.3, 0.4) is 0 Å². The molecule has 0 radical (unpaired) electrons. The van der Waals surface area contributed by atoms with Crippen LogP contribution in [-0.4, -0.2) is 35.3 Å². The summed E-state index contributed by atoms with van der Waals surface area (Å²) in [7, 11) is 1.81. The fourth-order valence-corrected chi connectivity index (χ4v) is 4.18. The first kappa shape index (κ1) is 17.5. The number of aromatic nitrogens is 1. The van der Waals surface area contributed by atoms with Crippen LogP contribution in [0.1, 0.15) is 41.4 Å². The van der Waals surface area contributed by atoms with Crippen molar-refractivity contribution < 1.29 is 14.3 Å². The number of rotatable bonds is 3. The van der Waals surface area contributed by atoms with E-state index in [9.17, 15) is 4.79 Å². The maximum absolute atomic E-state index is 13.0. The van der Waals surface area contributed by atoms with Gasteiger partial charge in [-0.1, -0.05) is 13.0 Å². The quantitative estimate of drug-likeness (QED) is 0.838. The van der Waals surface area contributed by atoms with Gasteiger partial charge in [-0.2, -0.15) is 5.26 Å². The average molecular weight is 365 g/mol. The van der Waals surface area contributed by atoms with Crippen LogP contribution in [0.5, 0.6) is 11.5 Å². The number of likely N-dealkylation sites (tertiary alicyclic amines) is 1. The molecule has 1 fully saturated rings. The molecule has 0 saturated carbocycles. The highest BCUT2D eigenvalue weighted by Gasteiger charge is 2.34. The maximum Gasteiger partial charge on any atom is 0.270 e. The van der Waals surface area contributed by atoms with Crippen molar-refractivity contribution in [3.05, 3.63) is 47.3 Å². The Morgan fingerprint density at radius 2 is 2.11 bits per heavy atom. The molecule has 2 aliphatic rings. The molecule has 6 heteroatoms. The zero-order valence-corrected chi connectivity index (χ0v) is 15.7. The Morgan fingerprint density at radius 3 is 2.89 bits per heavy atom. The van der Waals surface area contributed by atoms with Gasteiger partial charge >= 0.3 is 0 Å². The van der Waals surface area contributed by atoms with Crippen molar-refractivity contribution in [3.8, 4) is 17.6 Å². The number of piperidine rings is 1. The van der Waals surface area contributed by atoms with Crippen LogP contribution in [0, 0.1) is 16.7 Å². The number of nitriles is 1. The molecule has 1 saturated heterocycles. The normalized spacial score (nSPS) is 21.1. The van der Waals surface area contributed by atoms with Crippen LogP contribution >= 0.6 is 0 Å². The number of nitrogens with zero attached hydrogens (tertiary/aromatic N) is 3. The zero-order chi connectivity index (χ0) is 19.0. The summed E-state index contributed by atoms with van der Waals surface area (Å²) in [5.74, 6) is 1.59. The number of ether oxygens (including phenoxy) is 2. The van der Waals surface area contributed by atoms with Crippen LogP contribution in [-0.2, 0) is 13.5 Å². The first-order valence-electron chi connectivity index (χ1n) is 9.22. The summed E-state index contributed by atoms with van der Waals surface area (Å²) in [6.45, 7) is 3.97. The Kier molecular flexibility index (Phi) is 4.31. The standard InChI is InChI=1S/C21H23N3O3/c1-21(10-15-4-5-18-19(9-15)27-14-26-18)6-3-7-24(13-21)20(25)17-8-16(11-22)12-23(17)2/h4-5,8-9,12H,3,6-7,10,13-14H2,1-2H3. The van der Waals surface area contributed by atoms with Crippen molar-refractivity contribution >= 4 is 5.91 Å². The highest BCUT2D eigenvalue weighted by molar-refractivity contribution is 5.93. The minimum Gasteiger partial charge on any atom is -0.454 e. The Morgan fingerprint density at radius 1 is 1.30 bits per heavy atom. The van der Waals surface area contributed by atoms with Crippen molar-refractivity contribution in [2.24, 2.45) is 12.5 Å². The van der Waals surface area contributed by atoms with E-state index >= 15 is 0 Å². The molecule has 0 N–H and O–H groups in total. The van der Waals surface area contributed by atoms with E-state index < -0.39 is 0 Å². The van der Waals surface area contributed by atoms with Gasteiger partial charge < -0.3 is 18.9 Å². The summed E-state index contributed by atoms with van der Waals surface area (Å²) in [6.07, 6.45) is 4.62. The minimum atomic E-state index is -0.00406. The van der Waals surface area contributed by atoms with Gasteiger partial charge in [-0.05, 0) is 48.4 Å². The maximum atomic E-state index is 13.0. The highest BCUT2D eigenvalue weighted by Crippen LogP contribution is 2.37. The van der Waals surface area contributed by atoms with Gasteiger partial charge in [-0.15, -0.1) is 0 Å². The van der Waals surface area contributed by atoms with Crippen molar-refractivity contribution in [1.82, 2.24) is 9.47 Å². The third kappa shape index (κ3) is 3.37. The summed E-state index contributed by atoms with van der Waals surface area (Å²) in [5, 5.41) is 9.07. The minimum absolute atomic E-state index is 0.00406. The number of fused-ring (bicyclic) bond motifs is 1. The molecular weight excluding hydrogens is 342 g/mol. The Bertz CT molecular complexity index is 927. The summed E-state index contributed by atoms with van der Waals surface area (Å²) < 4.78 is 12.6. The van der Waals surface area contributed by atoms with Crippen molar-refractivity contribution in [3.63, 3.8) is 0 Å². The predicted molar refractivity (Wildman–Crippen MR) is 99.6 cm³/mol. The molecule has 140 valence electrons. The van der Waals surface area contributed by atoms with Crippen molar-refractivity contribution in [2.45, 2.75) is 26.2 Å². The van der Waals surface area contributed by atoms with E-state index in [1.54, 1.807) is 16.8 Å². The second kappa shape index (κ2) is 6.66. The lowest BCUT2D eigenvalue weighted by Gasteiger charge is -2.40. The molecule has 1 aromatic heterocycles. The molecule has 0 spiro atoms. The third-order valence-corrected chi connectivity index (χ3v) is 5.49. The van der Waals surface area contributed by atoms with E-state index in [4.69, 9.17) is 14.7 Å². The average Bonchev–Trinajstić information content (AvgIpc) is 3.26. The number of hydrogen-bond donors (Lipinski definition) is 0. The number of amides is 1. The molecule has 1 atom stereocenters. The topological polar surface area (TPSA) is 67.5 Å². The zero-order valence-electron chi connectivity index (χ0n) is 15.7. The molecule has 1 aromatic carbocycles. The summed E-state index contributed by atoms with van der Waals surface area (Å²) in [4.78, 5) is 14.9. The van der Waals surface area contributed by atoms with Gasteiger partial charge in [0.25, 0.3) is 5.91 Å². The number of aryl methyl sites for hydroxylation is 1. The Hall–Kier alpha value is -2.94. The monoisotopic (exact) mass is 365 g/mol. The number of carbonyl (C=O) groups excluding carboxylic acids is 1. The second-order valence-corrected chi connectivity index (χ2v) is 7.84. The van der Waals surface area contributed by atoms with E-state index in [0.29, 0.717) is 17.8 Å². The lowest BCUT2D eigenvalue weighted by atomic mass is 9.77. The molecule has 1 amide bonds. The van der Waals surface area contributed by atoms with Gasteiger partial charge in [0.1, 0.15) is 11.8 Å². The third-order valence-electron chi connectivity index (χ3n) is 5.49. The van der Waals surface area contributed by atoms with E-state index in [0.717, 1.165) is 37.3 Å². The summed E-state index contributed by atoms with van der Waals surface area (Å²) >= 11 is 0. The summed E-state index contributed by atoms with van der Waals surface area (Å²) in [5.41, 5.74) is 2.28. The molecule has 6 nitrogen and oxygen atoms in total.